The van der Waals surface area contributed by atoms with E-state index in [4.69, 9.17) is 25.8 Å². The van der Waals surface area contributed by atoms with E-state index in [1.807, 2.05) is 31.2 Å². The lowest BCUT2D eigenvalue weighted by Crippen LogP contribution is -2.39. The van der Waals surface area contributed by atoms with Crippen molar-refractivity contribution >= 4 is 33.4 Å². The van der Waals surface area contributed by atoms with Gasteiger partial charge in [0.15, 0.2) is 6.61 Å². The zero-order valence-electron chi connectivity index (χ0n) is 13.9. The summed E-state index contributed by atoms with van der Waals surface area (Å²) in [6, 6.07) is 12.2. The Hall–Kier alpha value is -1.92. The molecule has 0 aliphatic carbocycles. The minimum Gasteiger partial charge on any atom is -0.497 e. The lowest BCUT2D eigenvalue weighted by atomic mass is 10.3. The molecule has 7 heteroatoms. The van der Waals surface area contributed by atoms with Crippen LogP contribution in [0.3, 0.4) is 0 Å². The standard InChI is InChI=1S/C18H19BrClNO4/c1-12(10-24-15-6-4-14(23-2)5-7-15)21-18(22)11-25-17-8-3-13(20)9-16(17)19/h3-9,12H,10-11H2,1-2H3,(H,21,22). The summed E-state index contributed by atoms with van der Waals surface area (Å²) in [6.45, 7) is 2.12. The Morgan fingerprint density at radius 3 is 2.48 bits per heavy atom. The van der Waals surface area contributed by atoms with Gasteiger partial charge in [-0.3, -0.25) is 4.79 Å². The molecule has 1 N–H and O–H groups in total. The molecule has 2 aromatic rings. The van der Waals surface area contributed by atoms with Crippen molar-refractivity contribution in [1.29, 1.82) is 0 Å². The predicted octanol–water partition coefficient (Wildman–Crippen LogP) is 4.07. The Morgan fingerprint density at radius 2 is 1.84 bits per heavy atom. The highest BCUT2D eigenvalue weighted by molar-refractivity contribution is 9.10. The third-order valence-electron chi connectivity index (χ3n) is 3.22. The number of methoxy groups -OCH3 is 1. The van der Waals surface area contributed by atoms with Crippen molar-refractivity contribution in [3.05, 3.63) is 52.0 Å². The second-order valence-corrected chi connectivity index (χ2v) is 6.61. The number of ether oxygens (including phenoxy) is 3. The molecule has 1 amide bonds. The summed E-state index contributed by atoms with van der Waals surface area (Å²) in [5.41, 5.74) is 0. The number of hydrogen-bond donors (Lipinski definition) is 1. The fraction of sp³-hybridized carbons (Fsp3) is 0.278. The fourth-order valence-electron chi connectivity index (χ4n) is 1.99. The molecule has 1 atom stereocenters. The van der Waals surface area contributed by atoms with Crippen LogP contribution >= 0.6 is 27.5 Å². The van der Waals surface area contributed by atoms with Gasteiger partial charge in [-0.2, -0.15) is 0 Å². The third-order valence-corrected chi connectivity index (χ3v) is 4.07. The van der Waals surface area contributed by atoms with Crippen LogP contribution in [0.15, 0.2) is 46.9 Å². The van der Waals surface area contributed by atoms with Crippen LogP contribution in [-0.4, -0.2) is 32.3 Å². The first kappa shape index (κ1) is 19.4. The summed E-state index contributed by atoms with van der Waals surface area (Å²) in [4.78, 5) is 12.0. The Bertz CT molecular complexity index is 709. The maximum absolute atomic E-state index is 12.0. The molecule has 0 fully saturated rings. The van der Waals surface area contributed by atoms with E-state index >= 15 is 0 Å². The molecule has 0 saturated heterocycles. The van der Waals surface area contributed by atoms with Crippen LogP contribution in [0.1, 0.15) is 6.92 Å². The third kappa shape index (κ3) is 6.48. The molecule has 2 aromatic carbocycles. The molecule has 5 nitrogen and oxygen atoms in total. The number of rotatable bonds is 8. The highest BCUT2D eigenvalue weighted by Crippen LogP contribution is 2.27. The van der Waals surface area contributed by atoms with Gasteiger partial charge in [0.1, 0.15) is 23.9 Å². The molecule has 0 bridgehead atoms. The van der Waals surface area contributed by atoms with E-state index < -0.39 is 0 Å². The molecule has 2 rings (SSSR count). The SMILES string of the molecule is COc1ccc(OCC(C)NC(=O)COc2ccc(Cl)cc2Br)cc1. The van der Waals surface area contributed by atoms with Crippen molar-refractivity contribution < 1.29 is 19.0 Å². The van der Waals surface area contributed by atoms with Gasteiger partial charge in [-0.25, -0.2) is 0 Å². The summed E-state index contributed by atoms with van der Waals surface area (Å²) in [7, 11) is 1.61. The largest absolute Gasteiger partial charge is 0.497 e. The molecule has 0 aliphatic heterocycles. The maximum Gasteiger partial charge on any atom is 0.258 e. The predicted molar refractivity (Wildman–Crippen MR) is 101 cm³/mol. The van der Waals surface area contributed by atoms with Crippen LogP contribution in [0.2, 0.25) is 5.02 Å². The Balaban J connectivity index is 1.73. The number of hydrogen-bond acceptors (Lipinski definition) is 4. The molecule has 0 aromatic heterocycles. The zero-order chi connectivity index (χ0) is 18.2. The summed E-state index contributed by atoms with van der Waals surface area (Å²) in [6.07, 6.45) is 0. The number of carbonyl (C=O) groups excluding carboxylic acids is 1. The average molecular weight is 429 g/mol. The molecule has 25 heavy (non-hydrogen) atoms. The summed E-state index contributed by atoms with van der Waals surface area (Å²) in [5, 5.41) is 3.41. The lowest BCUT2D eigenvalue weighted by Gasteiger charge is -2.16. The highest BCUT2D eigenvalue weighted by atomic mass is 79.9. The number of nitrogens with one attached hydrogen (secondary N) is 1. The van der Waals surface area contributed by atoms with E-state index in [0.29, 0.717) is 27.6 Å². The minimum atomic E-state index is -0.229. The van der Waals surface area contributed by atoms with Crippen molar-refractivity contribution in [3.63, 3.8) is 0 Å². The van der Waals surface area contributed by atoms with E-state index in [9.17, 15) is 4.79 Å². The molecule has 134 valence electrons. The van der Waals surface area contributed by atoms with E-state index in [1.54, 1.807) is 25.3 Å². The van der Waals surface area contributed by atoms with Gasteiger partial charge in [-0.05, 0) is 65.3 Å². The normalized spacial score (nSPS) is 11.5. The van der Waals surface area contributed by atoms with Crippen LogP contribution in [-0.2, 0) is 4.79 Å². The van der Waals surface area contributed by atoms with Gasteiger partial charge in [0.2, 0.25) is 0 Å². The van der Waals surface area contributed by atoms with Gasteiger partial charge in [-0.15, -0.1) is 0 Å². The quantitative estimate of drug-likeness (QED) is 0.688. The van der Waals surface area contributed by atoms with Crippen LogP contribution in [0, 0.1) is 0 Å². The van der Waals surface area contributed by atoms with Crippen molar-refractivity contribution in [1.82, 2.24) is 5.32 Å². The van der Waals surface area contributed by atoms with Crippen LogP contribution in [0.5, 0.6) is 17.2 Å². The Kier molecular flexibility index (Phi) is 7.40. The maximum atomic E-state index is 12.0. The first-order chi connectivity index (χ1) is 12.0. The highest BCUT2D eigenvalue weighted by Gasteiger charge is 2.10. The van der Waals surface area contributed by atoms with Crippen molar-refractivity contribution in [2.24, 2.45) is 0 Å². The Labute approximate surface area is 160 Å². The zero-order valence-corrected chi connectivity index (χ0v) is 16.3. The van der Waals surface area contributed by atoms with Gasteiger partial charge in [0, 0.05) is 5.02 Å². The number of benzene rings is 2. The van der Waals surface area contributed by atoms with Crippen molar-refractivity contribution in [2.75, 3.05) is 20.3 Å². The molecule has 0 aliphatic rings. The number of carbonyl (C=O) groups is 1. The Morgan fingerprint density at radius 1 is 1.16 bits per heavy atom. The van der Waals surface area contributed by atoms with E-state index in [1.165, 1.54) is 0 Å². The minimum absolute atomic E-state index is 0.0902. The summed E-state index contributed by atoms with van der Waals surface area (Å²) in [5.74, 6) is 1.80. The van der Waals surface area contributed by atoms with Crippen LogP contribution in [0.4, 0.5) is 0 Å². The summed E-state index contributed by atoms with van der Waals surface area (Å²) >= 11 is 9.20. The summed E-state index contributed by atoms with van der Waals surface area (Å²) < 4.78 is 16.9. The first-order valence-electron chi connectivity index (χ1n) is 7.62. The monoisotopic (exact) mass is 427 g/mol. The van der Waals surface area contributed by atoms with Crippen molar-refractivity contribution in [3.8, 4) is 17.2 Å². The van der Waals surface area contributed by atoms with Gasteiger partial charge < -0.3 is 19.5 Å². The topological polar surface area (TPSA) is 56.8 Å². The first-order valence-corrected chi connectivity index (χ1v) is 8.79. The fourth-order valence-corrected chi connectivity index (χ4v) is 2.78. The van der Waals surface area contributed by atoms with Gasteiger partial charge >= 0.3 is 0 Å². The molecule has 0 heterocycles. The second kappa shape index (κ2) is 9.53. The number of halogens is 2. The molecule has 1 unspecified atom stereocenters. The van der Waals surface area contributed by atoms with Crippen LogP contribution < -0.4 is 19.5 Å². The van der Waals surface area contributed by atoms with E-state index in [-0.39, 0.29) is 18.6 Å². The molecular weight excluding hydrogens is 410 g/mol. The second-order valence-electron chi connectivity index (χ2n) is 5.32. The van der Waals surface area contributed by atoms with E-state index in [2.05, 4.69) is 21.2 Å². The number of amides is 1. The molecule has 0 saturated carbocycles. The molecular formula is C18H19BrClNO4. The molecule has 0 radical (unpaired) electrons. The van der Waals surface area contributed by atoms with E-state index in [0.717, 1.165) is 5.75 Å². The average Bonchev–Trinajstić information content (AvgIpc) is 2.59. The van der Waals surface area contributed by atoms with Gasteiger partial charge in [0.05, 0.1) is 17.6 Å². The molecule has 0 spiro atoms. The van der Waals surface area contributed by atoms with Crippen molar-refractivity contribution in [2.45, 2.75) is 13.0 Å². The lowest BCUT2D eigenvalue weighted by molar-refractivity contribution is -0.123. The van der Waals surface area contributed by atoms with Crippen LogP contribution in [0.25, 0.3) is 0 Å². The van der Waals surface area contributed by atoms with Gasteiger partial charge in [-0.1, -0.05) is 11.6 Å². The smallest absolute Gasteiger partial charge is 0.258 e. The van der Waals surface area contributed by atoms with Gasteiger partial charge in [0.25, 0.3) is 5.91 Å².